The Kier molecular flexibility index (Phi) is 3.69. The molecule has 6 heteroatoms. The standard InChI is InChI=1S/C18H19FN4O/c1-12-9-17-20-16-6-8-22(11-13-3-2-4-14(19)10-13)7-5-15(16)18(24)23(17)21-12/h2-4,9-10,21H,5-8,11H2,1H3. The average Bonchev–Trinajstić information content (AvgIpc) is 2.80. The molecule has 0 aliphatic carbocycles. The van der Waals surface area contributed by atoms with Crippen LogP contribution in [0.1, 0.15) is 22.5 Å². The van der Waals surface area contributed by atoms with E-state index >= 15 is 0 Å². The maximum Gasteiger partial charge on any atom is 0.276 e. The van der Waals surface area contributed by atoms with Gasteiger partial charge in [0.05, 0.1) is 5.69 Å². The number of halogens is 1. The third-order valence-electron chi connectivity index (χ3n) is 4.56. The summed E-state index contributed by atoms with van der Waals surface area (Å²) in [5, 5.41) is 3.04. The van der Waals surface area contributed by atoms with E-state index < -0.39 is 0 Å². The lowest BCUT2D eigenvalue weighted by Crippen LogP contribution is -2.26. The van der Waals surface area contributed by atoms with Gasteiger partial charge in [-0.2, -0.15) is 0 Å². The molecule has 0 atom stereocenters. The van der Waals surface area contributed by atoms with Crippen LogP contribution in [0.3, 0.4) is 0 Å². The molecule has 1 aliphatic rings. The largest absolute Gasteiger partial charge is 0.298 e. The van der Waals surface area contributed by atoms with Crippen molar-refractivity contribution in [2.24, 2.45) is 0 Å². The number of benzene rings is 1. The number of fused-ring (bicyclic) bond motifs is 2. The van der Waals surface area contributed by atoms with Crippen molar-refractivity contribution in [3.05, 3.63) is 69.0 Å². The molecule has 1 N–H and O–H groups in total. The highest BCUT2D eigenvalue weighted by Gasteiger charge is 2.20. The predicted molar refractivity (Wildman–Crippen MR) is 89.6 cm³/mol. The third-order valence-corrected chi connectivity index (χ3v) is 4.56. The molecule has 4 rings (SSSR count). The minimum atomic E-state index is -0.213. The van der Waals surface area contributed by atoms with E-state index in [4.69, 9.17) is 0 Å². The van der Waals surface area contributed by atoms with Crippen LogP contribution in [0.25, 0.3) is 5.65 Å². The number of aromatic nitrogens is 3. The molecule has 1 aromatic carbocycles. The number of hydrogen-bond donors (Lipinski definition) is 1. The van der Waals surface area contributed by atoms with E-state index in [1.54, 1.807) is 12.1 Å². The SMILES string of the molecule is Cc1cc2nc3c(c(=O)n2[nH]1)CCN(Cc1cccc(F)c1)CC3. The normalized spacial score (nSPS) is 15.4. The lowest BCUT2D eigenvalue weighted by atomic mass is 10.1. The third kappa shape index (κ3) is 2.73. The number of hydrogen-bond acceptors (Lipinski definition) is 3. The summed E-state index contributed by atoms with van der Waals surface area (Å²) >= 11 is 0. The summed E-state index contributed by atoms with van der Waals surface area (Å²) in [6, 6.07) is 8.57. The zero-order valence-corrected chi connectivity index (χ0v) is 13.6. The number of rotatable bonds is 2. The lowest BCUT2D eigenvalue weighted by Gasteiger charge is -2.19. The van der Waals surface area contributed by atoms with Gasteiger partial charge in [0.1, 0.15) is 5.82 Å². The Bertz CT molecular complexity index is 959. The van der Waals surface area contributed by atoms with Crippen LogP contribution in [0.2, 0.25) is 0 Å². The fourth-order valence-electron chi connectivity index (χ4n) is 3.38. The Morgan fingerprint density at radius 2 is 2.08 bits per heavy atom. The quantitative estimate of drug-likeness (QED) is 0.784. The second-order valence-electron chi connectivity index (χ2n) is 6.38. The molecule has 24 heavy (non-hydrogen) atoms. The molecule has 0 saturated heterocycles. The Hall–Kier alpha value is -2.47. The van der Waals surface area contributed by atoms with Gasteiger partial charge in [-0.1, -0.05) is 12.1 Å². The average molecular weight is 326 g/mol. The summed E-state index contributed by atoms with van der Waals surface area (Å²) in [5.41, 5.74) is 4.23. The zero-order valence-electron chi connectivity index (χ0n) is 13.6. The van der Waals surface area contributed by atoms with E-state index in [1.165, 1.54) is 10.6 Å². The van der Waals surface area contributed by atoms with Gasteiger partial charge in [0.25, 0.3) is 5.56 Å². The van der Waals surface area contributed by atoms with Crippen LogP contribution in [-0.2, 0) is 19.4 Å². The highest BCUT2D eigenvalue weighted by Crippen LogP contribution is 2.15. The van der Waals surface area contributed by atoms with Crippen LogP contribution in [0, 0.1) is 12.7 Å². The Labute approximate surface area is 138 Å². The molecular weight excluding hydrogens is 307 g/mol. The monoisotopic (exact) mass is 326 g/mol. The predicted octanol–water partition coefficient (Wildman–Crippen LogP) is 2.07. The highest BCUT2D eigenvalue weighted by molar-refractivity contribution is 5.42. The molecule has 0 unspecified atom stereocenters. The van der Waals surface area contributed by atoms with Crippen LogP contribution in [0.4, 0.5) is 4.39 Å². The van der Waals surface area contributed by atoms with Crippen molar-refractivity contribution in [2.75, 3.05) is 13.1 Å². The summed E-state index contributed by atoms with van der Waals surface area (Å²) in [6.45, 7) is 4.19. The number of nitrogens with one attached hydrogen (secondary N) is 1. The topological polar surface area (TPSA) is 53.4 Å². The summed E-state index contributed by atoms with van der Waals surface area (Å²) in [6.07, 6.45) is 1.40. The van der Waals surface area contributed by atoms with Crippen molar-refractivity contribution in [3.8, 4) is 0 Å². The van der Waals surface area contributed by atoms with Gasteiger partial charge in [0.2, 0.25) is 0 Å². The highest BCUT2D eigenvalue weighted by atomic mass is 19.1. The molecule has 0 amide bonds. The van der Waals surface area contributed by atoms with Crippen LogP contribution in [0.5, 0.6) is 0 Å². The molecule has 0 saturated carbocycles. The molecule has 0 bridgehead atoms. The van der Waals surface area contributed by atoms with Crippen LogP contribution in [-0.4, -0.2) is 32.6 Å². The van der Waals surface area contributed by atoms with Crippen LogP contribution in [0.15, 0.2) is 35.1 Å². The summed E-state index contributed by atoms with van der Waals surface area (Å²) in [7, 11) is 0. The second kappa shape index (κ2) is 5.87. The van der Waals surface area contributed by atoms with Gasteiger partial charge in [-0.05, 0) is 31.0 Å². The zero-order chi connectivity index (χ0) is 16.7. The molecule has 0 spiro atoms. The Morgan fingerprint density at radius 3 is 2.92 bits per heavy atom. The van der Waals surface area contributed by atoms with Gasteiger partial charge >= 0.3 is 0 Å². The number of nitrogens with zero attached hydrogens (tertiary/aromatic N) is 3. The van der Waals surface area contributed by atoms with Crippen molar-refractivity contribution >= 4 is 5.65 Å². The van der Waals surface area contributed by atoms with Gasteiger partial charge in [-0.3, -0.25) is 14.8 Å². The van der Waals surface area contributed by atoms with E-state index in [1.807, 2.05) is 19.1 Å². The minimum absolute atomic E-state index is 0.00398. The maximum absolute atomic E-state index is 13.4. The first kappa shape index (κ1) is 15.1. The smallest absolute Gasteiger partial charge is 0.276 e. The maximum atomic E-state index is 13.4. The molecule has 3 aromatic rings. The summed E-state index contributed by atoms with van der Waals surface area (Å²) in [5.74, 6) is -0.213. The van der Waals surface area contributed by atoms with E-state index in [0.29, 0.717) is 18.6 Å². The van der Waals surface area contributed by atoms with E-state index in [-0.39, 0.29) is 11.4 Å². The van der Waals surface area contributed by atoms with Crippen molar-refractivity contribution in [2.45, 2.75) is 26.3 Å². The molecule has 1 aliphatic heterocycles. The fraction of sp³-hybridized carbons (Fsp3) is 0.333. The first-order chi connectivity index (χ1) is 11.6. The molecule has 0 fully saturated rings. The van der Waals surface area contributed by atoms with E-state index in [2.05, 4.69) is 15.0 Å². The molecular formula is C18H19FN4O. The minimum Gasteiger partial charge on any atom is -0.298 e. The van der Waals surface area contributed by atoms with Crippen LogP contribution >= 0.6 is 0 Å². The summed E-state index contributed by atoms with van der Waals surface area (Å²) < 4.78 is 14.9. The van der Waals surface area contributed by atoms with Gasteiger partial charge in [-0.25, -0.2) is 13.9 Å². The van der Waals surface area contributed by atoms with Crippen molar-refractivity contribution in [1.82, 2.24) is 19.5 Å². The molecule has 2 aromatic heterocycles. The first-order valence-corrected chi connectivity index (χ1v) is 8.17. The fourth-order valence-corrected chi connectivity index (χ4v) is 3.38. The van der Waals surface area contributed by atoms with Crippen molar-refractivity contribution in [3.63, 3.8) is 0 Å². The second-order valence-corrected chi connectivity index (χ2v) is 6.38. The molecule has 0 radical (unpaired) electrons. The molecule has 3 heterocycles. The molecule has 5 nitrogen and oxygen atoms in total. The van der Waals surface area contributed by atoms with Crippen molar-refractivity contribution < 1.29 is 4.39 Å². The van der Waals surface area contributed by atoms with E-state index in [0.717, 1.165) is 42.0 Å². The Morgan fingerprint density at radius 1 is 1.25 bits per heavy atom. The summed E-state index contributed by atoms with van der Waals surface area (Å²) in [4.78, 5) is 19.6. The Balaban J connectivity index is 1.60. The lowest BCUT2D eigenvalue weighted by molar-refractivity contribution is 0.278. The van der Waals surface area contributed by atoms with Crippen LogP contribution < -0.4 is 5.56 Å². The number of H-pyrrole nitrogens is 1. The van der Waals surface area contributed by atoms with Gasteiger partial charge in [0, 0.05) is 43.4 Å². The van der Waals surface area contributed by atoms with Gasteiger partial charge in [0.15, 0.2) is 5.65 Å². The van der Waals surface area contributed by atoms with Gasteiger partial charge in [-0.15, -0.1) is 0 Å². The van der Waals surface area contributed by atoms with Gasteiger partial charge < -0.3 is 0 Å². The first-order valence-electron chi connectivity index (χ1n) is 8.17. The van der Waals surface area contributed by atoms with E-state index in [9.17, 15) is 9.18 Å². The molecule has 124 valence electrons. The van der Waals surface area contributed by atoms with Crippen molar-refractivity contribution in [1.29, 1.82) is 0 Å². The number of aromatic amines is 1. The number of aryl methyl sites for hydroxylation is 1.